The van der Waals surface area contributed by atoms with E-state index in [1.54, 1.807) is 0 Å². The Labute approximate surface area is 154 Å². The topological polar surface area (TPSA) is 40.1 Å². The number of rotatable bonds is 11. The van der Waals surface area contributed by atoms with Crippen molar-refractivity contribution in [3.63, 3.8) is 0 Å². The summed E-state index contributed by atoms with van der Waals surface area (Å²) in [5, 5.41) is 3.41. The molecule has 0 saturated heterocycles. The molecule has 5 nitrogen and oxygen atoms in total. The first-order valence-electron chi connectivity index (χ1n) is 7.84. The van der Waals surface area contributed by atoms with Crippen LogP contribution in [-0.2, 0) is 4.74 Å². The molecule has 0 fully saturated rings. The Morgan fingerprint density at radius 2 is 2.00 bits per heavy atom. The maximum atomic E-state index is 5.79. The molecule has 0 aromatic heterocycles. The van der Waals surface area contributed by atoms with Gasteiger partial charge in [-0.25, -0.2) is 0 Å². The van der Waals surface area contributed by atoms with Crippen LogP contribution in [0.15, 0.2) is 17.6 Å². The van der Waals surface area contributed by atoms with Gasteiger partial charge < -0.3 is 19.9 Å². The van der Waals surface area contributed by atoms with Crippen molar-refractivity contribution in [2.45, 2.75) is 32.3 Å². The van der Waals surface area contributed by atoms with Gasteiger partial charge >= 0.3 is 0 Å². The number of guanidine groups is 1. The third kappa shape index (κ3) is 12.2. The third-order valence-corrected chi connectivity index (χ3v) is 3.26. The van der Waals surface area contributed by atoms with E-state index in [9.17, 15) is 0 Å². The van der Waals surface area contributed by atoms with Gasteiger partial charge in [0.05, 0.1) is 6.10 Å². The van der Waals surface area contributed by atoms with Crippen molar-refractivity contribution in [3.8, 4) is 0 Å². The molecule has 0 aliphatic heterocycles. The second-order valence-corrected chi connectivity index (χ2v) is 5.45. The fraction of sp³-hybridized carbons (Fsp3) is 0.812. The number of allylic oxidation sites excluding steroid dienone is 1. The zero-order valence-electron chi connectivity index (χ0n) is 15.0. The van der Waals surface area contributed by atoms with Gasteiger partial charge in [-0.05, 0) is 40.3 Å². The smallest absolute Gasteiger partial charge is 0.193 e. The highest BCUT2D eigenvalue weighted by molar-refractivity contribution is 14.0. The predicted octanol–water partition coefficient (Wildman–Crippen LogP) is 2.43. The van der Waals surface area contributed by atoms with Gasteiger partial charge in [0.2, 0.25) is 0 Å². The lowest BCUT2D eigenvalue weighted by Gasteiger charge is -2.25. The Kier molecular flexibility index (Phi) is 16.9. The molecule has 0 bridgehead atoms. The standard InChI is InChI=1S/C16H34N4O.HI/c1-7-9-10-12-20(6)16(17-3)18-14-15(21-8-2)11-13-19(4)5;/h7,15H,1,8-14H2,2-6H3,(H,17,18);1H. The van der Waals surface area contributed by atoms with Crippen LogP contribution in [0.5, 0.6) is 0 Å². The summed E-state index contributed by atoms with van der Waals surface area (Å²) in [6.07, 6.45) is 5.32. The molecule has 0 aromatic rings. The summed E-state index contributed by atoms with van der Waals surface area (Å²) in [6.45, 7) is 9.33. The average Bonchev–Trinajstić information content (AvgIpc) is 2.45. The van der Waals surface area contributed by atoms with Crippen LogP contribution in [0.3, 0.4) is 0 Å². The molecule has 0 radical (unpaired) electrons. The Bertz CT molecular complexity index is 298. The molecule has 0 aliphatic carbocycles. The van der Waals surface area contributed by atoms with Gasteiger partial charge in [0.15, 0.2) is 5.96 Å². The number of unbranched alkanes of at least 4 members (excludes halogenated alkanes) is 1. The molecular formula is C16H35IN4O. The van der Waals surface area contributed by atoms with E-state index in [2.05, 4.69) is 47.8 Å². The number of hydrogen-bond acceptors (Lipinski definition) is 3. The molecule has 1 unspecified atom stereocenters. The molecular weight excluding hydrogens is 391 g/mol. The van der Waals surface area contributed by atoms with Crippen LogP contribution in [-0.4, -0.2) is 76.3 Å². The zero-order chi connectivity index (χ0) is 16.1. The number of halogens is 1. The van der Waals surface area contributed by atoms with Gasteiger partial charge in [0.1, 0.15) is 0 Å². The Morgan fingerprint density at radius 1 is 1.32 bits per heavy atom. The summed E-state index contributed by atoms with van der Waals surface area (Å²) in [7, 11) is 8.06. The molecule has 0 spiro atoms. The molecule has 1 N–H and O–H groups in total. The van der Waals surface area contributed by atoms with E-state index in [0.717, 1.165) is 51.5 Å². The van der Waals surface area contributed by atoms with E-state index in [-0.39, 0.29) is 30.1 Å². The third-order valence-electron chi connectivity index (χ3n) is 3.26. The van der Waals surface area contributed by atoms with Crippen molar-refractivity contribution < 1.29 is 4.74 Å². The molecule has 0 rings (SSSR count). The summed E-state index contributed by atoms with van der Waals surface area (Å²) in [4.78, 5) is 8.67. The zero-order valence-corrected chi connectivity index (χ0v) is 17.3. The molecule has 0 amide bonds. The van der Waals surface area contributed by atoms with Gasteiger partial charge in [-0.3, -0.25) is 4.99 Å². The first kappa shape index (κ1) is 23.9. The summed E-state index contributed by atoms with van der Waals surface area (Å²) in [6, 6.07) is 0. The summed E-state index contributed by atoms with van der Waals surface area (Å²) in [5.41, 5.74) is 0. The Balaban J connectivity index is 0. The maximum Gasteiger partial charge on any atom is 0.193 e. The minimum Gasteiger partial charge on any atom is -0.377 e. The lowest BCUT2D eigenvalue weighted by atomic mass is 10.2. The van der Waals surface area contributed by atoms with Crippen molar-refractivity contribution in [2.75, 3.05) is 54.4 Å². The van der Waals surface area contributed by atoms with Gasteiger partial charge in [-0.2, -0.15) is 0 Å². The fourth-order valence-electron chi connectivity index (χ4n) is 2.05. The van der Waals surface area contributed by atoms with Gasteiger partial charge in [-0.1, -0.05) is 6.08 Å². The van der Waals surface area contributed by atoms with Crippen LogP contribution in [0, 0.1) is 0 Å². The van der Waals surface area contributed by atoms with Crippen LogP contribution in [0.2, 0.25) is 0 Å². The monoisotopic (exact) mass is 426 g/mol. The largest absolute Gasteiger partial charge is 0.377 e. The van der Waals surface area contributed by atoms with E-state index in [1.165, 1.54) is 0 Å². The van der Waals surface area contributed by atoms with Gasteiger partial charge in [0, 0.05) is 40.3 Å². The summed E-state index contributed by atoms with van der Waals surface area (Å²) < 4.78 is 5.79. The minimum atomic E-state index is 0. The van der Waals surface area contributed by atoms with Crippen LogP contribution in [0.25, 0.3) is 0 Å². The summed E-state index contributed by atoms with van der Waals surface area (Å²) >= 11 is 0. The first-order chi connectivity index (χ1) is 10.0. The normalized spacial score (nSPS) is 12.7. The van der Waals surface area contributed by atoms with Crippen molar-refractivity contribution in [1.82, 2.24) is 15.1 Å². The van der Waals surface area contributed by atoms with Gasteiger partial charge in [0.25, 0.3) is 0 Å². The lowest BCUT2D eigenvalue weighted by molar-refractivity contribution is 0.0545. The quantitative estimate of drug-likeness (QED) is 0.181. The average molecular weight is 426 g/mol. The second kappa shape index (κ2) is 15.6. The molecule has 0 aliphatic rings. The highest BCUT2D eigenvalue weighted by Crippen LogP contribution is 2.00. The van der Waals surface area contributed by atoms with Crippen LogP contribution in [0.1, 0.15) is 26.2 Å². The second-order valence-electron chi connectivity index (χ2n) is 5.45. The van der Waals surface area contributed by atoms with E-state index < -0.39 is 0 Å². The molecule has 1 atom stereocenters. The number of aliphatic imine (C=N–C) groups is 1. The molecule has 0 heterocycles. The van der Waals surface area contributed by atoms with E-state index in [4.69, 9.17) is 4.74 Å². The van der Waals surface area contributed by atoms with Crippen LogP contribution < -0.4 is 5.32 Å². The SMILES string of the molecule is C=CCCCN(C)C(=NC)NCC(CCN(C)C)OCC.I. The first-order valence-corrected chi connectivity index (χ1v) is 7.84. The van der Waals surface area contributed by atoms with E-state index in [0.29, 0.717) is 0 Å². The minimum absolute atomic E-state index is 0. The van der Waals surface area contributed by atoms with Crippen molar-refractivity contribution >= 4 is 29.9 Å². The molecule has 0 aromatic carbocycles. The number of nitrogens with one attached hydrogen (secondary N) is 1. The highest BCUT2D eigenvalue weighted by atomic mass is 127. The molecule has 0 saturated carbocycles. The lowest BCUT2D eigenvalue weighted by Crippen LogP contribution is -2.43. The van der Waals surface area contributed by atoms with Crippen molar-refractivity contribution in [3.05, 3.63) is 12.7 Å². The molecule has 6 heteroatoms. The number of hydrogen-bond donors (Lipinski definition) is 1. The number of ether oxygens (including phenoxy) is 1. The number of nitrogens with zero attached hydrogens (tertiary/aromatic N) is 3. The van der Waals surface area contributed by atoms with Gasteiger partial charge in [-0.15, -0.1) is 30.6 Å². The summed E-state index contributed by atoms with van der Waals surface area (Å²) in [5.74, 6) is 0.925. The Hall–Kier alpha value is -0.340. The molecule has 132 valence electrons. The molecule has 22 heavy (non-hydrogen) atoms. The Morgan fingerprint density at radius 3 is 2.50 bits per heavy atom. The fourth-order valence-corrected chi connectivity index (χ4v) is 2.05. The van der Waals surface area contributed by atoms with Crippen LogP contribution in [0.4, 0.5) is 0 Å². The highest BCUT2D eigenvalue weighted by Gasteiger charge is 2.11. The van der Waals surface area contributed by atoms with Crippen LogP contribution >= 0.6 is 24.0 Å². The van der Waals surface area contributed by atoms with Crippen molar-refractivity contribution in [2.24, 2.45) is 4.99 Å². The van der Waals surface area contributed by atoms with E-state index in [1.807, 2.05) is 20.0 Å². The predicted molar refractivity (Wildman–Crippen MR) is 107 cm³/mol. The van der Waals surface area contributed by atoms with E-state index >= 15 is 0 Å². The maximum absolute atomic E-state index is 5.79. The van der Waals surface area contributed by atoms with Crippen molar-refractivity contribution in [1.29, 1.82) is 0 Å².